The van der Waals surface area contributed by atoms with E-state index >= 15 is 0 Å². The van der Waals surface area contributed by atoms with E-state index in [1.54, 1.807) is 23.9 Å². The van der Waals surface area contributed by atoms with Crippen LogP contribution in [0.25, 0.3) is 5.69 Å². The van der Waals surface area contributed by atoms with Gasteiger partial charge in [-0.1, -0.05) is 0 Å². The molecule has 0 aliphatic carbocycles. The lowest BCUT2D eigenvalue weighted by atomic mass is 10.2. The van der Waals surface area contributed by atoms with Crippen molar-refractivity contribution < 1.29 is 26.7 Å². The molecule has 11 heteroatoms. The minimum atomic E-state index is -4.13. The van der Waals surface area contributed by atoms with Crippen LogP contribution in [0.2, 0.25) is 0 Å². The van der Waals surface area contributed by atoms with Crippen LogP contribution in [-0.2, 0) is 14.8 Å². The maximum absolute atomic E-state index is 14.6. The molecule has 8 nitrogen and oxygen atoms in total. The molecule has 0 unspecified atom stereocenters. The zero-order valence-electron chi connectivity index (χ0n) is 17.1. The molecule has 0 radical (unpaired) electrons. The third-order valence-electron chi connectivity index (χ3n) is 5.07. The van der Waals surface area contributed by atoms with Crippen LogP contribution in [0.1, 0.15) is 16.2 Å². The standard InChI is InChI=1S/C21H20F2N4O4S/c1-14-24-6-7-27(14)19-5-3-16(13-18(19)23)25-21(28)15-2-4-17(22)20(12-15)32(29,30)26-8-10-31-11-9-26/h2-7,12-13H,8-11H2,1H3,(H,25,28). The normalized spacial score (nSPS) is 15.0. The predicted octanol–water partition coefficient (Wildman–Crippen LogP) is 2.73. The van der Waals surface area contributed by atoms with Crippen molar-refractivity contribution in [1.82, 2.24) is 13.9 Å². The highest BCUT2D eigenvalue weighted by atomic mass is 32.2. The van der Waals surface area contributed by atoms with Gasteiger partial charge in [0.2, 0.25) is 10.0 Å². The van der Waals surface area contributed by atoms with Crippen LogP contribution >= 0.6 is 0 Å². The van der Waals surface area contributed by atoms with E-state index in [9.17, 15) is 22.0 Å². The second-order valence-electron chi connectivity index (χ2n) is 7.13. The molecule has 1 N–H and O–H groups in total. The van der Waals surface area contributed by atoms with Gasteiger partial charge in [0.15, 0.2) is 0 Å². The maximum Gasteiger partial charge on any atom is 0.255 e. The Labute approximate surface area is 183 Å². The molecule has 1 aliphatic heterocycles. The molecular formula is C21H20F2N4O4S. The number of carbonyl (C=O) groups is 1. The molecule has 4 rings (SSSR count). The highest BCUT2D eigenvalue weighted by Gasteiger charge is 2.29. The van der Waals surface area contributed by atoms with Crippen molar-refractivity contribution in [3.05, 3.63) is 71.8 Å². The van der Waals surface area contributed by atoms with Crippen molar-refractivity contribution in [2.45, 2.75) is 11.8 Å². The first-order valence-corrected chi connectivity index (χ1v) is 11.2. The van der Waals surface area contributed by atoms with Crippen molar-refractivity contribution >= 4 is 21.6 Å². The number of rotatable bonds is 5. The van der Waals surface area contributed by atoms with E-state index in [0.717, 1.165) is 22.5 Å². The molecule has 0 bridgehead atoms. The lowest BCUT2D eigenvalue weighted by Gasteiger charge is -2.26. The Balaban J connectivity index is 1.57. The summed E-state index contributed by atoms with van der Waals surface area (Å²) >= 11 is 0. The van der Waals surface area contributed by atoms with Crippen LogP contribution in [0.3, 0.4) is 0 Å². The monoisotopic (exact) mass is 462 g/mol. The Kier molecular flexibility index (Phi) is 6.04. The summed E-state index contributed by atoms with van der Waals surface area (Å²) in [6.45, 7) is 2.34. The van der Waals surface area contributed by atoms with Gasteiger partial charge in [-0.15, -0.1) is 0 Å². The fourth-order valence-corrected chi connectivity index (χ4v) is 4.88. The van der Waals surface area contributed by atoms with Gasteiger partial charge < -0.3 is 14.6 Å². The third-order valence-corrected chi connectivity index (χ3v) is 6.99. The van der Waals surface area contributed by atoms with Gasteiger partial charge in [-0.3, -0.25) is 4.79 Å². The lowest BCUT2D eigenvalue weighted by Crippen LogP contribution is -2.41. The van der Waals surface area contributed by atoms with Gasteiger partial charge in [0.05, 0.1) is 18.9 Å². The molecule has 1 aliphatic rings. The summed E-state index contributed by atoms with van der Waals surface area (Å²) in [5.74, 6) is -1.65. The first-order valence-electron chi connectivity index (χ1n) is 9.76. The van der Waals surface area contributed by atoms with Crippen molar-refractivity contribution in [2.75, 3.05) is 31.6 Å². The Bertz CT molecular complexity index is 1270. The fraction of sp³-hybridized carbons (Fsp3) is 0.238. The first kappa shape index (κ1) is 22.1. The zero-order valence-corrected chi connectivity index (χ0v) is 17.9. The first-order chi connectivity index (χ1) is 15.3. The number of carbonyl (C=O) groups excluding carboxylic acids is 1. The summed E-state index contributed by atoms with van der Waals surface area (Å²) in [4.78, 5) is 16.1. The van der Waals surface area contributed by atoms with Crippen LogP contribution in [0.15, 0.2) is 53.7 Å². The number of hydrogen-bond acceptors (Lipinski definition) is 5. The number of nitrogens with zero attached hydrogens (tertiary/aromatic N) is 3. The van der Waals surface area contributed by atoms with Crippen molar-refractivity contribution in [1.29, 1.82) is 0 Å². The minimum absolute atomic E-state index is 0.0758. The topological polar surface area (TPSA) is 93.5 Å². The number of morpholine rings is 1. The Hall–Kier alpha value is -3.15. The van der Waals surface area contributed by atoms with Gasteiger partial charge in [-0.25, -0.2) is 22.2 Å². The summed E-state index contributed by atoms with van der Waals surface area (Å²) in [5.41, 5.74) is 0.350. The molecule has 1 aromatic heterocycles. The molecular weight excluding hydrogens is 442 g/mol. The lowest BCUT2D eigenvalue weighted by molar-refractivity contribution is 0.0729. The number of hydrogen-bond donors (Lipinski definition) is 1. The van der Waals surface area contributed by atoms with Gasteiger partial charge in [0.25, 0.3) is 5.91 Å². The number of anilines is 1. The SMILES string of the molecule is Cc1nccn1-c1ccc(NC(=O)c2ccc(F)c(S(=O)(=O)N3CCOCC3)c2)cc1F. The largest absolute Gasteiger partial charge is 0.379 e. The summed E-state index contributed by atoms with van der Waals surface area (Å²) in [6.07, 6.45) is 3.16. The zero-order chi connectivity index (χ0) is 22.9. The molecule has 3 aromatic rings. The summed E-state index contributed by atoms with van der Waals surface area (Å²) in [7, 11) is -4.13. The van der Waals surface area contributed by atoms with Crippen molar-refractivity contribution in [3.8, 4) is 5.69 Å². The second kappa shape index (κ2) is 8.77. The number of aryl methyl sites for hydroxylation is 1. The molecule has 2 aromatic carbocycles. The molecule has 0 atom stereocenters. The molecule has 1 fully saturated rings. The van der Waals surface area contributed by atoms with E-state index in [2.05, 4.69) is 10.3 Å². The average Bonchev–Trinajstić information content (AvgIpc) is 3.20. The number of halogens is 2. The van der Waals surface area contributed by atoms with Crippen molar-refractivity contribution in [2.24, 2.45) is 0 Å². The number of sulfonamides is 1. The van der Waals surface area contributed by atoms with Crippen LogP contribution in [0, 0.1) is 18.6 Å². The van der Waals surface area contributed by atoms with Crippen LogP contribution in [0.4, 0.5) is 14.5 Å². The molecule has 168 valence electrons. The Morgan fingerprint density at radius 1 is 1.09 bits per heavy atom. The predicted molar refractivity (Wildman–Crippen MR) is 112 cm³/mol. The van der Waals surface area contributed by atoms with Gasteiger partial charge in [-0.05, 0) is 43.3 Å². The molecule has 1 amide bonds. The molecule has 0 spiro atoms. The summed E-state index contributed by atoms with van der Waals surface area (Å²) in [6, 6.07) is 7.20. The van der Waals surface area contributed by atoms with Crippen LogP contribution < -0.4 is 5.32 Å². The fourth-order valence-electron chi connectivity index (χ4n) is 3.38. The minimum Gasteiger partial charge on any atom is -0.379 e. The van der Waals surface area contributed by atoms with Crippen molar-refractivity contribution in [3.63, 3.8) is 0 Å². The summed E-state index contributed by atoms with van der Waals surface area (Å²) < 4.78 is 62.4. The molecule has 1 saturated heterocycles. The number of benzene rings is 2. The van der Waals surface area contributed by atoms with E-state index in [-0.39, 0.29) is 43.2 Å². The summed E-state index contributed by atoms with van der Waals surface area (Å²) in [5, 5.41) is 2.51. The molecule has 2 heterocycles. The number of aromatic nitrogens is 2. The van der Waals surface area contributed by atoms with Crippen LogP contribution in [0.5, 0.6) is 0 Å². The van der Waals surface area contributed by atoms with Gasteiger partial charge in [0.1, 0.15) is 22.4 Å². The van der Waals surface area contributed by atoms with Gasteiger partial charge in [-0.2, -0.15) is 4.31 Å². The smallest absolute Gasteiger partial charge is 0.255 e. The molecule has 0 saturated carbocycles. The number of imidazole rings is 1. The second-order valence-corrected chi connectivity index (χ2v) is 9.03. The van der Waals surface area contributed by atoms with E-state index in [4.69, 9.17) is 4.74 Å². The Morgan fingerprint density at radius 3 is 2.50 bits per heavy atom. The Morgan fingerprint density at radius 2 is 1.84 bits per heavy atom. The quantitative estimate of drug-likeness (QED) is 0.629. The highest BCUT2D eigenvalue weighted by Crippen LogP contribution is 2.24. The third kappa shape index (κ3) is 4.27. The average molecular weight is 462 g/mol. The maximum atomic E-state index is 14.6. The van der Waals surface area contributed by atoms with Gasteiger partial charge in [0, 0.05) is 36.7 Å². The number of ether oxygens (including phenoxy) is 1. The van der Waals surface area contributed by atoms with Crippen LogP contribution in [-0.4, -0.2) is 54.5 Å². The van der Waals surface area contributed by atoms with E-state index in [1.807, 2.05) is 0 Å². The van der Waals surface area contributed by atoms with E-state index < -0.39 is 32.5 Å². The van der Waals surface area contributed by atoms with E-state index in [1.165, 1.54) is 18.2 Å². The number of amides is 1. The van der Waals surface area contributed by atoms with Gasteiger partial charge >= 0.3 is 0 Å². The highest BCUT2D eigenvalue weighted by molar-refractivity contribution is 7.89. The number of nitrogens with one attached hydrogen (secondary N) is 1. The molecule has 32 heavy (non-hydrogen) atoms. The van der Waals surface area contributed by atoms with E-state index in [0.29, 0.717) is 5.82 Å².